The minimum atomic E-state index is -0.747. The number of carbonyl (C=O) groups excluding carboxylic acids is 1. The molecule has 5 heteroatoms. The molecule has 0 aromatic rings. The van der Waals surface area contributed by atoms with Gasteiger partial charge in [0.05, 0.1) is 5.92 Å². The summed E-state index contributed by atoms with van der Waals surface area (Å²) >= 11 is 1.73. The highest BCUT2D eigenvalue weighted by molar-refractivity contribution is 7.98. The number of rotatable bonds is 6. The number of carboxylic acids is 1. The van der Waals surface area contributed by atoms with Crippen LogP contribution >= 0.6 is 11.8 Å². The Morgan fingerprint density at radius 1 is 1.47 bits per heavy atom. The van der Waals surface area contributed by atoms with Gasteiger partial charge in [-0.1, -0.05) is 0 Å². The summed E-state index contributed by atoms with van der Waals surface area (Å²) in [5.41, 5.74) is 0. The van der Waals surface area contributed by atoms with Crippen LogP contribution in [0, 0.1) is 5.92 Å². The summed E-state index contributed by atoms with van der Waals surface area (Å²) in [5.74, 6) is 0.0535. The molecule has 1 rings (SSSR count). The molecular weight excluding hydrogens is 214 g/mol. The molecule has 1 saturated carbocycles. The Hall–Kier alpha value is -0.710. The van der Waals surface area contributed by atoms with Gasteiger partial charge in [0.2, 0.25) is 5.91 Å². The predicted molar refractivity (Wildman–Crippen MR) is 59.9 cm³/mol. The zero-order chi connectivity index (χ0) is 11.3. The minimum absolute atomic E-state index is 0.0536. The van der Waals surface area contributed by atoms with Crippen molar-refractivity contribution in [2.24, 2.45) is 5.92 Å². The zero-order valence-corrected chi connectivity index (χ0v) is 9.68. The van der Waals surface area contributed by atoms with Crippen molar-refractivity contribution in [3.05, 3.63) is 0 Å². The van der Waals surface area contributed by atoms with Gasteiger partial charge < -0.3 is 10.4 Å². The third-order valence-corrected chi connectivity index (χ3v) is 3.30. The van der Waals surface area contributed by atoms with Crippen molar-refractivity contribution in [3.63, 3.8) is 0 Å². The number of carboxylic acid groups (broad SMARTS) is 1. The number of aliphatic carboxylic acids is 1. The third kappa shape index (κ3) is 4.11. The topological polar surface area (TPSA) is 66.4 Å². The number of hydrogen-bond acceptors (Lipinski definition) is 3. The number of amides is 1. The number of carbonyl (C=O) groups is 2. The van der Waals surface area contributed by atoms with Gasteiger partial charge in [-0.2, -0.15) is 11.8 Å². The van der Waals surface area contributed by atoms with Crippen LogP contribution in [0.5, 0.6) is 0 Å². The Morgan fingerprint density at radius 2 is 2.13 bits per heavy atom. The molecule has 0 heterocycles. The van der Waals surface area contributed by atoms with E-state index >= 15 is 0 Å². The van der Waals surface area contributed by atoms with Crippen molar-refractivity contribution in [1.82, 2.24) is 5.32 Å². The lowest BCUT2D eigenvalue weighted by Gasteiger charge is -2.32. The van der Waals surface area contributed by atoms with Crippen LogP contribution in [0.2, 0.25) is 0 Å². The molecular formula is C10H17NO3S. The van der Waals surface area contributed by atoms with E-state index in [-0.39, 0.29) is 17.9 Å². The number of thioether (sulfide) groups is 1. The zero-order valence-electron chi connectivity index (χ0n) is 8.86. The van der Waals surface area contributed by atoms with Gasteiger partial charge in [0.15, 0.2) is 0 Å². The van der Waals surface area contributed by atoms with Gasteiger partial charge >= 0.3 is 5.97 Å². The maximum atomic E-state index is 11.3. The lowest BCUT2D eigenvalue weighted by molar-refractivity contribution is -0.146. The SMILES string of the molecule is CSCCCC(=O)NC1CC(C(=O)O)C1. The fraction of sp³-hybridized carbons (Fsp3) is 0.800. The van der Waals surface area contributed by atoms with E-state index in [0.29, 0.717) is 19.3 Å². The summed E-state index contributed by atoms with van der Waals surface area (Å²) in [6.07, 6.45) is 4.63. The lowest BCUT2D eigenvalue weighted by atomic mass is 9.80. The molecule has 0 saturated heterocycles. The van der Waals surface area contributed by atoms with Crippen LogP contribution in [-0.4, -0.2) is 35.0 Å². The monoisotopic (exact) mass is 231 g/mol. The fourth-order valence-electron chi connectivity index (χ4n) is 1.61. The van der Waals surface area contributed by atoms with Crippen LogP contribution in [0.3, 0.4) is 0 Å². The molecule has 0 aromatic carbocycles. The maximum Gasteiger partial charge on any atom is 0.306 e. The Labute approximate surface area is 93.8 Å². The highest BCUT2D eigenvalue weighted by Gasteiger charge is 2.34. The number of hydrogen-bond donors (Lipinski definition) is 2. The van der Waals surface area contributed by atoms with Crippen molar-refractivity contribution in [2.75, 3.05) is 12.0 Å². The van der Waals surface area contributed by atoms with Crippen LogP contribution in [0.4, 0.5) is 0 Å². The molecule has 0 aliphatic heterocycles. The molecule has 0 unspecified atom stereocenters. The van der Waals surface area contributed by atoms with Gasteiger partial charge in [-0.05, 0) is 31.3 Å². The van der Waals surface area contributed by atoms with Crippen molar-refractivity contribution >= 4 is 23.6 Å². The molecule has 0 bridgehead atoms. The largest absolute Gasteiger partial charge is 0.481 e. The summed E-state index contributed by atoms with van der Waals surface area (Å²) in [6, 6.07) is 0.0906. The Kier molecular flexibility index (Phi) is 4.94. The first-order chi connectivity index (χ1) is 7.13. The fourth-order valence-corrected chi connectivity index (χ4v) is 2.05. The van der Waals surface area contributed by atoms with Gasteiger partial charge in [0.1, 0.15) is 0 Å². The average Bonchev–Trinajstić information content (AvgIpc) is 2.10. The summed E-state index contributed by atoms with van der Waals surface area (Å²) in [6.45, 7) is 0. The molecule has 1 amide bonds. The molecule has 1 fully saturated rings. The quantitative estimate of drug-likeness (QED) is 0.672. The van der Waals surface area contributed by atoms with E-state index in [1.807, 2.05) is 6.26 Å². The summed E-state index contributed by atoms with van der Waals surface area (Å²) in [4.78, 5) is 21.8. The summed E-state index contributed by atoms with van der Waals surface area (Å²) < 4.78 is 0. The Morgan fingerprint density at radius 3 is 2.67 bits per heavy atom. The van der Waals surface area contributed by atoms with Crippen molar-refractivity contribution in [2.45, 2.75) is 31.7 Å². The van der Waals surface area contributed by atoms with E-state index in [4.69, 9.17) is 5.11 Å². The van der Waals surface area contributed by atoms with E-state index in [1.54, 1.807) is 11.8 Å². The van der Waals surface area contributed by atoms with Crippen molar-refractivity contribution < 1.29 is 14.7 Å². The van der Waals surface area contributed by atoms with Crippen LogP contribution in [0.1, 0.15) is 25.7 Å². The average molecular weight is 231 g/mol. The second kappa shape index (κ2) is 6.00. The molecule has 2 N–H and O–H groups in total. The number of nitrogens with one attached hydrogen (secondary N) is 1. The highest BCUT2D eigenvalue weighted by Crippen LogP contribution is 2.27. The second-order valence-corrected chi connectivity index (χ2v) is 4.85. The first kappa shape index (κ1) is 12.4. The normalized spacial score (nSPS) is 24.3. The van der Waals surface area contributed by atoms with E-state index in [9.17, 15) is 9.59 Å². The molecule has 1 aliphatic rings. The molecule has 0 atom stereocenters. The van der Waals surface area contributed by atoms with Gasteiger partial charge in [-0.15, -0.1) is 0 Å². The van der Waals surface area contributed by atoms with E-state index < -0.39 is 5.97 Å². The van der Waals surface area contributed by atoms with Crippen LogP contribution in [0.15, 0.2) is 0 Å². The van der Waals surface area contributed by atoms with Crippen LogP contribution in [0.25, 0.3) is 0 Å². The molecule has 86 valence electrons. The van der Waals surface area contributed by atoms with Crippen molar-refractivity contribution in [1.29, 1.82) is 0 Å². The van der Waals surface area contributed by atoms with Crippen molar-refractivity contribution in [3.8, 4) is 0 Å². The van der Waals surface area contributed by atoms with Gasteiger partial charge in [0, 0.05) is 12.5 Å². The summed E-state index contributed by atoms with van der Waals surface area (Å²) in [7, 11) is 0. The van der Waals surface area contributed by atoms with Gasteiger partial charge in [0.25, 0.3) is 0 Å². The second-order valence-electron chi connectivity index (χ2n) is 3.87. The first-order valence-corrected chi connectivity index (χ1v) is 6.54. The Bertz CT molecular complexity index is 239. The maximum absolute atomic E-state index is 11.3. The molecule has 0 aromatic heterocycles. The first-order valence-electron chi connectivity index (χ1n) is 5.14. The highest BCUT2D eigenvalue weighted by atomic mass is 32.2. The standard InChI is InChI=1S/C10H17NO3S/c1-15-4-2-3-9(12)11-8-5-7(6-8)10(13)14/h7-8H,2-6H2,1H3,(H,11,12)(H,13,14). The van der Waals surface area contributed by atoms with Gasteiger partial charge in [-0.3, -0.25) is 9.59 Å². The van der Waals surface area contributed by atoms with E-state index in [1.165, 1.54) is 0 Å². The lowest BCUT2D eigenvalue weighted by Crippen LogP contribution is -2.46. The molecule has 1 aliphatic carbocycles. The Balaban J connectivity index is 2.06. The molecule has 15 heavy (non-hydrogen) atoms. The predicted octanol–water partition coefficient (Wildman–Crippen LogP) is 1.11. The van der Waals surface area contributed by atoms with Crippen LogP contribution in [-0.2, 0) is 9.59 Å². The van der Waals surface area contributed by atoms with E-state index in [0.717, 1.165) is 12.2 Å². The molecule has 4 nitrogen and oxygen atoms in total. The minimum Gasteiger partial charge on any atom is -0.481 e. The van der Waals surface area contributed by atoms with Crippen LogP contribution < -0.4 is 5.32 Å². The smallest absolute Gasteiger partial charge is 0.306 e. The molecule has 0 radical (unpaired) electrons. The molecule has 0 spiro atoms. The van der Waals surface area contributed by atoms with E-state index in [2.05, 4.69) is 5.32 Å². The summed E-state index contributed by atoms with van der Waals surface area (Å²) in [5, 5.41) is 11.5. The van der Waals surface area contributed by atoms with Gasteiger partial charge in [-0.25, -0.2) is 0 Å². The third-order valence-electron chi connectivity index (χ3n) is 2.60.